The maximum Gasteiger partial charge on any atom is 0.258 e. The van der Waals surface area contributed by atoms with Gasteiger partial charge in [0.2, 0.25) is 10.0 Å². The highest BCUT2D eigenvalue weighted by Crippen LogP contribution is 2.18. The Morgan fingerprint density at radius 3 is 2.14 bits per heavy atom. The van der Waals surface area contributed by atoms with Crippen LogP contribution >= 0.6 is 0 Å². The van der Waals surface area contributed by atoms with Crippen molar-refractivity contribution in [1.82, 2.24) is 10.0 Å². The topological polar surface area (TPSA) is 93.7 Å². The van der Waals surface area contributed by atoms with Gasteiger partial charge in [0.1, 0.15) is 11.5 Å². The molecule has 7 nitrogen and oxygen atoms in total. The van der Waals surface area contributed by atoms with Crippen LogP contribution in [0.2, 0.25) is 0 Å². The molecule has 0 aromatic heterocycles. The van der Waals surface area contributed by atoms with Gasteiger partial charge in [-0.1, -0.05) is 19.1 Å². The Labute approximate surface area is 172 Å². The Hall–Kier alpha value is -2.58. The first kappa shape index (κ1) is 22.7. The summed E-state index contributed by atoms with van der Waals surface area (Å²) in [5.74, 6) is 0.892. The van der Waals surface area contributed by atoms with E-state index in [1.54, 1.807) is 14.0 Å². The molecule has 158 valence electrons. The quantitative estimate of drug-likeness (QED) is 0.616. The third-order valence-electron chi connectivity index (χ3n) is 4.47. The molecule has 0 heterocycles. The molecule has 2 atom stereocenters. The Balaban J connectivity index is 1.88. The van der Waals surface area contributed by atoms with Crippen molar-refractivity contribution in [3.8, 4) is 11.5 Å². The molecular weight excluding hydrogens is 392 g/mol. The summed E-state index contributed by atoms with van der Waals surface area (Å²) in [4.78, 5) is 12.3. The minimum atomic E-state index is -3.57. The van der Waals surface area contributed by atoms with Gasteiger partial charge in [-0.15, -0.1) is 0 Å². The summed E-state index contributed by atoms with van der Waals surface area (Å²) in [6, 6.07) is 13.1. The summed E-state index contributed by atoms with van der Waals surface area (Å²) in [5, 5.41) is 2.86. The number of amides is 1. The van der Waals surface area contributed by atoms with E-state index in [9.17, 15) is 13.2 Å². The number of nitrogens with one attached hydrogen (secondary N) is 2. The minimum Gasteiger partial charge on any atom is -0.497 e. The van der Waals surface area contributed by atoms with Crippen LogP contribution in [0.25, 0.3) is 0 Å². The van der Waals surface area contributed by atoms with E-state index in [4.69, 9.17) is 9.47 Å². The van der Waals surface area contributed by atoms with Crippen molar-refractivity contribution in [2.24, 2.45) is 0 Å². The molecule has 0 fully saturated rings. The number of carbonyl (C=O) groups is 1. The summed E-state index contributed by atoms with van der Waals surface area (Å²) < 4.78 is 37.7. The van der Waals surface area contributed by atoms with Gasteiger partial charge < -0.3 is 14.8 Å². The smallest absolute Gasteiger partial charge is 0.258 e. The fourth-order valence-corrected chi connectivity index (χ4v) is 3.87. The molecule has 1 amide bonds. The van der Waals surface area contributed by atoms with E-state index in [0.29, 0.717) is 12.2 Å². The van der Waals surface area contributed by atoms with Crippen LogP contribution in [0.1, 0.15) is 38.8 Å². The van der Waals surface area contributed by atoms with E-state index >= 15 is 0 Å². The second-order valence-corrected chi connectivity index (χ2v) is 8.47. The number of hydrogen-bond donors (Lipinski definition) is 2. The van der Waals surface area contributed by atoms with Gasteiger partial charge in [0, 0.05) is 6.04 Å². The average Bonchev–Trinajstić information content (AvgIpc) is 2.72. The van der Waals surface area contributed by atoms with Crippen LogP contribution in [0.4, 0.5) is 0 Å². The second-order valence-electron chi connectivity index (χ2n) is 6.75. The van der Waals surface area contributed by atoms with Crippen LogP contribution in [-0.2, 0) is 14.8 Å². The predicted octanol–water partition coefficient (Wildman–Crippen LogP) is 3.03. The summed E-state index contributed by atoms with van der Waals surface area (Å²) >= 11 is 0. The van der Waals surface area contributed by atoms with Crippen molar-refractivity contribution in [3.05, 3.63) is 54.1 Å². The SMILES string of the molecule is CC[C@H](C)NS(=O)(=O)c1ccc(OCC(=O)N[C@H](C)c2ccc(OC)cc2)cc1. The molecule has 8 heteroatoms. The number of sulfonamides is 1. The van der Waals surface area contributed by atoms with E-state index in [1.807, 2.05) is 38.1 Å². The highest BCUT2D eigenvalue weighted by atomic mass is 32.2. The molecule has 0 aliphatic carbocycles. The van der Waals surface area contributed by atoms with Gasteiger partial charge in [-0.25, -0.2) is 13.1 Å². The van der Waals surface area contributed by atoms with Gasteiger partial charge in [-0.2, -0.15) is 0 Å². The van der Waals surface area contributed by atoms with Crippen molar-refractivity contribution >= 4 is 15.9 Å². The van der Waals surface area contributed by atoms with E-state index in [1.165, 1.54) is 24.3 Å². The molecule has 2 aromatic carbocycles. The van der Waals surface area contributed by atoms with Crippen molar-refractivity contribution in [1.29, 1.82) is 0 Å². The fraction of sp³-hybridized carbons (Fsp3) is 0.381. The number of ether oxygens (including phenoxy) is 2. The maximum absolute atomic E-state index is 12.3. The molecule has 0 radical (unpaired) electrons. The molecular formula is C21H28N2O5S. The standard InChI is InChI=1S/C21H28N2O5S/c1-5-15(2)23-29(25,26)20-12-10-19(11-13-20)28-14-21(24)22-16(3)17-6-8-18(27-4)9-7-17/h6-13,15-16,23H,5,14H2,1-4H3,(H,22,24)/t15-,16+/m0/s1. The van der Waals surface area contributed by atoms with Crippen molar-refractivity contribution in [3.63, 3.8) is 0 Å². The minimum absolute atomic E-state index is 0.146. The van der Waals surface area contributed by atoms with Crippen molar-refractivity contribution in [2.75, 3.05) is 13.7 Å². The highest BCUT2D eigenvalue weighted by Gasteiger charge is 2.16. The van der Waals surface area contributed by atoms with Crippen LogP contribution in [0.15, 0.2) is 53.4 Å². The van der Waals surface area contributed by atoms with Gasteiger partial charge in [-0.05, 0) is 62.2 Å². The molecule has 0 saturated carbocycles. The zero-order valence-electron chi connectivity index (χ0n) is 17.1. The molecule has 0 spiro atoms. The molecule has 2 rings (SSSR count). The maximum atomic E-state index is 12.3. The largest absolute Gasteiger partial charge is 0.497 e. The van der Waals surface area contributed by atoms with Crippen molar-refractivity contribution < 1.29 is 22.7 Å². The first-order valence-corrected chi connectivity index (χ1v) is 10.9. The summed E-state index contributed by atoms with van der Waals surface area (Å²) in [6.45, 7) is 5.42. The first-order chi connectivity index (χ1) is 13.7. The Morgan fingerprint density at radius 1 is 1.00 bits per heavy atom. The van der Waals surface area contributed by atoms with E-state index in [0.717, 1.165) is 11.3 Å². The number of benzene rings is 2. The van der Waals surface area contributed by atoms with Crippen LogP contribution in [-0.4, -0.2) is 34.1 Å². The predicted molar refractivity (Wildman–Crippen MR) is 112 cm³/mol. The zero-order valence-corrected chi connectivity index (χ0v) is 18.0. The lowest BCUT2D eigenvalue weighted by Crippen LogP contribution is -2.32. The van der Waals surface area contributed by atoms with Crippen molar-refractivity contribution in [2.45, 2.75) is 44.2 Å². The molecule has 0 bridgehead atoms. The van der Waals surface area contributed by atoms with Crippen LogP contribution in [0.3, 0.4) is 0 Å². The fourth-order valence-electron chi connectivity index (χ4n) is 2.54. The van der Waals surface area contributed by atoms with E-state index in [-0.39, 0.29) is 29.5 Å². The molecule has 0 aliphatic rings. The summed E-state index contributed by atoms with van der Waals surface area (Å²) in [6.07, 6.45) is 0.699. The molecule has 0 saturated heterocycles. The summed E-state index contributed by atoms with van der Waals surface area (Å²) in [5.41, 5.74) is 0.947. The van der Waals surface area contributed by atoms with Crippen LogP contribution < -0.4 is 19.5 Å². The molecule has 2 aromatic rings. The van der Waals surface area contributed by atoms with Gasteiger partial charge in [0.15, 0.2) is 6.61 Å². The normalized spacial score (nSPS) is 13.4. The molecule has 29 heavy (non-hydrogen) atoms. The van der Waals surface area contributed by atoms with E-state index < -0.39 is 10.0 Å². The second kappa shape index (κ2) is 10.3. The first-order valence-electron chi connectivity index (χ1n) is 9.43. The monoisotopic (exact) mass is 420 g/mol. The van der Waals surface area contributed by atoms with Gasteiger partial charge in [-0.3, -0.25) is 4.79 Å². The average molecular weight is 421 g/mol. The molecule has 2 N–H and O–H groups in total. The number of rotatable bonds is 10. The lowest BCUT2D eigenvalue weighted by Gasteiger charge is -2.15. The third kappa shape index (κ3) is 6.76. The van der Waals surface area contributed by atoms with E-state index in [2.05, 4.69) is 10.0 Å². The lowest BCUT2D eigenvalue weighted by atomic mass is 10.1. The third-order valence-corrected chi connectivity index (χ3v) is 6.07. The number of methoxy groups -OCH3 is 1. The number of carbonyl (C=O) groups excluding carboxylic acids is 1. The Bertz CT molecular complexity index is 896. The summed E-state index contributed by atoms with van der Waals surface area (Å²) in [7, 11) is -1.97. The van der Waals surface area contributed by atoms with Gasteiger partial charge in [0.05, 0.1) is 18.0 Å². The Kier molecular flexibility index (Phi) is 8.04. The zero-order chi connectivity index (χ0) is 21.4. The Morgan fingerprint density at radius 2 is 1.59 bits per heavy atom. The van der Waals surface area contributed by atoms with Gasteiger partial charge in [0.25, 0.3) is 5.91 Å². The molecule has 0 aliphatic heterocycles. The van der Waals surface area contributed by atoms with Gasteiger partial charge >= 0.3 is 0 Å². The number of hydrogen-bond acceptors (Lipinski definition) is 5. The highest BCUT2D eigenvalue weighted by molar-refractivity contribution is 7.89. The molecule has 0 unspecified atom stereocenters. The van der Waals surface area contributed by atoms with Crippen LogP contribution in [0, 0.1) is 0 Å². The van der Waals surface area contributed by atoms with Crippen LogP contribution in [0.5, 0.6) is 11.5 Å². The lowest BCUT2D eigenvalue weighted by molar-refractivity contribution is -0.123.